The lowest BCUT2D eigenvalue weighted by Gasteiger charge is -2.35. The van der Waals surface area contributed by atoms with E-state index in [1.165, 1.54) is 11.3 Å². The molecular weight excluding hydrogens is 352 g/mol. The number of rotatable bonds is 4. The van der Waals surface area contributed by atoms with E-state index in [4.69, 9.17) is 4.74 Å². The van der Waals surface area contributed by atoms with Crippen LogP contribution >= 0.6 is 11.3 Å². The van der Waals surface area contributed by atoms with Gasteiger partial charge in [0.1, 0.15) is 0 Å². The zero-order valence-electron chi connectivity index (χ0n) is 13.1. The van der Waals surface area contributed by atoms with Crippen LogP contribution < -0.4 is 10.0 Å². The number of hydrogen-bond acceptors (Lipinski definition) is 6. The number of anilines is 1. The predicted molar refractivity (Wildman–Crippen MR) is 92.8 cm³/mol. The van der Waals surface area contributed by atoms with E-state index in [9.17, 15) is 13.2 Å². The highest BCUT2D eigenvalue weighted by molar-refractivity contribution is 7.88. The van der Waals surface area contributed by atoms with Gasteiger partial charge >= 0.3 is 6.03 Å². The highest BCUT2D eigenvalue weighted by Gasteiger charge is 2.28. The van der Waals surface area contributed by atoms with Crippen molar-refractivity contribution in [1.82, 2.24) is 14.6 Å². The number of nitrogens with one attached hydrogen (secondary N) is 2. The van der Waals surface area contributed by atoms with E-state index in [2.05, 4.69) is 15.0 Å². The van der Waals surface area contributed by atoms with Crippen molar-refractivity contribution in [2.75, 3.05) is 37.9 Å². The van der Waals surface area contributed by atoms with Crippen molar-refractivity contribution in [3.05, 3.63) is 24.3 Å². The normalized spacial score (nSPS) is 18.7. The van der Waals surface area contributed by atoms with Gasteiger partial charge in [-0.2, -0.15) is 0 Å². The molecule has 0 saturated carbocycles. The number of ether oxygens (including phenoxy) is 1. The molecule has 0 bridgehead atoms. The summed E-state index contributed by atoms with van der Waals surface area (Å²) in [5.74, 6) is 0. The second kappa shape index (κ2) is 7.01. The molecule has 1 aliphatic rings. The topological polar surface area (TPSA) is 101 Å². The SMILES string of the molecule is CS(=O)(=O)NCC1COCCN1C(=O)Nc1nc2ccccc2s1. The van der Waals surface area contributed by atoms with Gasteiger partial charge in [0.05, 0.1) is 35.7 Å². The second-order valence-electron chi connectivity index (χ2n) is 5.46. The van der Waals surface area contributed by atoms with E-state index in [0.29, 0.717) is 18.3 Å². The standard InChI is InChI=1S/C14H18N4O4S2/c1-24(20,21)15-8-10-9-22-7-6-18(10)14(19)17-13-16-11-4-2-3-5-12(11)23-13/h2-5,10,15H,6-9H2,1H3,(H,16,17,19). The molecule has 2 amide bonds. The highest BCUT2D eigenvalue weighted by atomic mass is 32.2. The van der Waals surface area contributed by atoms with Gasteiger partial charge in [0, 0.05) is 13.1 Å². The van der Waals surface area contributed by atoms with Crippen molar-refractivity contribution >= 4 is 42.7 Å². The maximum atomic E-state index is 12.5. The van der Waals surface area contributed by atoms with Gasteiger partial charge in [0.15, 0.2) is 5.13 Å². The number of nitrogens with zero attached hydrogens (tertiary/aromatic N) is 2. The van der Waals surface area contributed by atoms with Crippen molar-refractivity contribution in [2.24, 2.45) is 0 Å². The lowest BCUT2D eigenvalue weighted by molar-refractivity contribution is 0.0176. The minimum absolute atomic E-state index is 0.117. The number of para-hydroxylation sites is 1. The number of thiazole rings is 1. The summed E-state index contributed by atoms with van der Waals surface area (Å²) in [6.45, 7) is 1.22. The van der Waals surface area contributed by atoms with Crippen molar-refractivity contribution in [1.29, 1.82) is 0 Å². The average molecular weight is 370 g/mol. The molecule has 0 aliphatic carbocycles. The van der Waals surface area contributed by atoms with Gasteiger partial charge in [-0.1, -0.05) is 23.5 Å². The summed E-state index contributed by atoms with van der Waals surface area (Å²) in [4.78, 5) is 18.5. The number of amides is 2. The number of urea groups is 1. The highest BCUT2D eigenvalue weighted by Crippen LogP contribution is 2.25. The molecule has 0 spiro atoms. The lowest BCUT2D eigenvalue weighted by Crippen LogP contribution is -2.54. The molecule has 2 aromatic rings. The van der Waals surface area contributed by atoms with Gasteiger partial charge in [-0.05, 0) is 12.1 Å². The van der Waals surface area contributed by atoms with Gasteiger partial charge < -0.3 is 9.64 Å². The lowest BCUT2D eigenvalue weighted by atomic mass is 10.2. The largest absolute Gasteiger partial charge is 0.377 e. The number of aromatic nitrogens is 1. The van der Waals surface area contributed by atoms with E-state index in [-0.39, 0.29) is 25.2 Å². The number of carbonyl (C=O) groups is 1. The monoisotopic (exact) mass is 370 g/mol. The van der Waals surface area contributed by atoms with Crippen LogP contribution in [-0.2, 0) is 14.8 Å². The summed E-state index contributed by atoms with van der Waals surface area (Å²) in [5, 5.41) is 3.31. The molecule has 1 saturated heterocycles. The first-order valence-corrected chi connectivity index (χ1v) is 10.1. The van der Waals surface area contributed by atoms with Crippen LogP contribution in [0.1, 0.15) is 0 Å². The van der Waals surface area contributed by atoms with Gasteiger partial charge in [0.2, 0.25) is 10.0 Å². The smallest absolute Gasteiger partial charge is 0.324 e. The molecule has 8 nitrogen and oxygen atoms in total. The van der Waals surface area contributed by atoms with Crippen LogP contribution in [-0.4, -0.2) is 62.9 Å². The number of morpholine rings is 1. The number of fused-ring (bicyclic) bond motifs is 1. The van der Waals surface area contributed by atoms with Crippen LogP contribution in [0.25, 0.3) is 10.2 Å². The summed E-state index contributed by atoms with van der Waals surface area (Å²) in [6.07, 6.45) is 1.09. The van der Waals surface area contributed by atoms with E-state index in [0.717, 1.165) is 16.5 Å². The number of benzene rings is 1. The first kappa shape index (κ1) is 17.1. The molecule has 1 aromatic heterocycles. The molecule has 2 heterocycles. The molecular formula is C14H18N4O4S2. The summed E-state index contributed by atoms with van der Waals surface area (Å²) >= 11 is 1.40. The van der Waals surface area contributed by atoms with Crippen LogP contribution in [0.2, 0.25) is 0 Å². The maximum absolute atomic E-state index is 12.5. The third kappa shape index (κ3) is 4.20. The first-order chi connectivity index (χ1) is 11.4. The molecule has 24 heavy (non-hydrogen) atoms. The van der Waals surface area contributed by atoms with E-state index < -0.39 is 10.0 Å². The van der Waals surface area contributed by atoms with E-state index >= 15 is 0 Å². The van der Waals surface area contributed by atoms with Crippen LogP contribution in [0, 0.1) is 0 Å². The molecule has 1 fully saturated rings. The summed E-state index contributed by atoms with van der Waals surface area (Å²) < 4.78 is 31.3. The summed E-state index contributed by atoms with van der Waals surface area (Å²) in [5.41, 5.74) is 0.829. The van der Waals surface area contributed by atoms with Crippen molar-refractivity contribution in [3.8, 4) is 0 Å². The molecule has 1 aromatic carbocycles. The molecule has 1 unspecified atom stereocenters. The zero-order valence-corrected chi connectivity index (χ0v) is 14.7. The Hall–Kier alpha value is -1.75. The Balaban J connectivity index is 1.69. The molecule has 130 valence electrons. The zero-order chi connectivity index (χ0) is 17.2. The number of hydrogen-bond donors (Lipinski definition) is 2. The summed E-state index contributed by atoms with van der Waals surface area (Å²) in [7, 11) is -3.32. The number of sulfonamides is 1. The minimum Gasteiger partial charge on any atom is -0.377 e. The van der Waals surface area contributed by atoms with Crippen LogP contribution in [0.4, 0.5) is 9.93 Å². The van der Waals surface area contributed by atoms with Crippen LogP contribution in [0.3, 0.4) is 0 Å². The molecule has 3 rings (SSSR count). The third-order valence-electron chi connectivity index (χ3n) is 3.58. The Morgan fingerprint density at radius 3 is 3.00 bits per heavy atom. The number of carbonyl (C=O) groups excluding carboxylic acids is 1. The molecule has 1 aliphatic heterocycles. The van der Waals surface area contributed by atoms with Crippen molar-refractivity contribution in [2.45, 2.75) is 6.04 Å². The Morgan fingerprint density at radius 2 is 2.25 bits per heavy atom. The Morgan fingerprint density at radius 1 is 1.46 bits per heavy atom. The van der Waals surface area contributed by atoms with Crippen molar-refractivity contribution < 1.29 is 17.9 Å². The fraction of sp³-hybridized carbons (Fsp3) is 0.429. The first-order valence-electron chi connectivity index (χ1n) is 7.38. The van der Waals surface area contributed by atoms with Gasteiger partial charge in [-0.25, -0.2) is 22.9 Å². The Labute approximate surface area is 143 Å². The second-order valence-corrected chi connectivity index (χ2v) is 8.32. The fourth-order valence-corrected chi connectivity index (χ4v) is 3.78. The molecule has 10 heteroatoms. The van der Waals surface area contributed by atoms with Gasteiger partial charge in [-0.3, -0.25) is 5.32 Å². The Kier molecular flexibility index (Phi) is 4.99. The van der Waals surface area contributed by atoms with Crippen molar-refractivity contribution in [3.63, 3.8) is 0 Å². The minimum atomic E-state index is -3.32. The molecule has 0 radical (unpaired) electrons. The quantitative estimate of drug-likeness (QED) is 0.839. The summed E-state index contributed by atoms with van der Waals surface area (Å²) in [6, 6.07) is 6.97. The average Bonchev–Trinajstić information content (AvgIpc) is 2.94. The predicted octanol–water partition coefficient (Wildman–Crippen LogP) is 1.08. The maximum Gasteiger partial charge on any atom is 0.324 e. The van der Waals surface area contributed by atoms with E-state index in [1.54, 1.807) is 4.90 Å². The van der Waals surface area contributed by atoms with Crippen LogP contribution in [0.15, 0.2) is 24.3 Å². The van der Waals surface area contributed by atoms with Gasteiger partial charge in [-0.15, -0.1) is 0 Å². The van der Waals surface area contributed by atoms with Gasteiger partial charge in [0.25, 0.3) is 0 Å². The van der Waals surface area contributed by atoms with E-state index in [1.807, 2.05) is 24.3 Å². The fourth-order valence-electron chi connectivity index (χ4n) is 2.43. The molecule has 2 N–H and O–H groups in total. The Bertz CT molecular complexity index is 803. The van der Waals surface area contributed by atoms with Crippen LogP contribution in [0.5, 0.6) is 0 Å². The third-order valence-corrected chi connectivity index (χ3v) is 5.22. The molecule has 1 atom stereocenters.